The summed E-state index contributed by atoms with van der Waals surface area (Å²) in [5, 5.41) is 20.7. The summed E-state index contributed by atoms with van der Waals surface area (Å²) in [7, 11) is 0. The first-order valence-electron chi connectivity index (χ1n) is 9.69. The van der Waals surface area contributed by atoms with E-state index in [2.05, 4.69) is 31.6 Å². The zero-order valence-electron chi connectivity index (χ0n) is 16.8. The smallest absolute Gasteiger partial charge is 0.252 e. The van der Waals surface area contributed by atoms with Gasteiger partial charge in [0, 0.05) is 12.7 Å². The van der Waals surface area contributed by atoms with E-state index in [0.717, 1.165) is 0 Å². The van der Waals surface area contributed by atoms with Crippen LogP contribution >= 0.6 is 0 Å². The van der Waals surface area contributed by atoms with Gasteiger partial charge in [-0.1, -0.05) is 0 Å². The molecule has 32 heavy (non-hydrogen) atoms. The average molecular weight is 431 g/mol. The number of nitrogen functional groups attached to an aromatic ring is 1. The van der Waals surface area contributed by atoms with Crippen LogP contribution in [0.1, 0.15) is 28.0 Å². The molecule has 3 heterocycles. The van der Waals surface area contributed by atoms with Gasteiger partial charge in [0.05, 0.1) is 16.9 Å². The van der Waals surface area contributed by atoms with Crippen molar-refractivity contribution in [2.45, 2.75) is 12.8 Å². The summed E-state index contributed by atoms with van der Waals surface area (Å²) < 4.78 is 16.1. The quantitative estimate of drug-likeness (QED) is 0.425. The third-order valence-electron chi connectivity index (χ3n) is 4.72. The van der Waals surface area contributed by atoms with E-state index in [4.69, 9.17) is 5.73 Å². The first kappa shape index (κ1) is 20.7. The van der Waals surface area contributed by atoms with Crippen molar-refractivity contribution in [1.29, 1.82) is 5.26 Å². The molecule has 11 heteroatoms. The average Bonchev–Trinajstić information content (AvgIpc) is 3.45. The minimum Gasteiger partial charge on any atom is -0.382 e. The van der Waals surface area contributed by atoms with Crippen LogP contribution in [0.25, 0.3) is 11.5 Å². The number of nitriles is 1. The maximum absolute atomic E-state index is 13.2. The molecule has 0 radical (unpaired) electrons. The fourth-order valence-electron chi connectivity index (χ4n) is 3.10. The number of hydrogen-bond donors (Lipinski definition) is 2. The molecule has 0 saturated carbocycles. The van der Waals surface area contributed by atoms with Crippen LogP contribution in [0, 0.1) is 17.1 Å². The predicted molar refractivity (Wildman–Crippen MR) is 112 cm³/mol. The monoisotopic (exact) mass is 431 g/mol. The molecular formula is C21H18FN9O. The van der Waals surface area contributed by atoms with Gasteiger partial charge in [0.1, 0.15) is 35.9 Å². The summed E-state index contributed by atoms with van der Waals surface area (Å²) in [6, 6.07) is 11.1. The molecule has 0 spiro atoms. The predicted octanol–water partition coefficient (Wildman–Crippen LogP) is 1.80. The lowest BCUT2D eigenvalue weighted by atomic mass is 10.1. The normalized spacial score (nSPS) is 10.6. The van der Waals surface area contributed by atoms with Gasteiger partial charge in [-0.3, -0.25) is 4.79 Å². The summed E-state index contributed by atoms with van der Waals surface area (Å²) in [6.07, 6.45) is 5.36. The molecule has 1 aromatic carbocycles. The van der Waals surface area contributed by atoms with E-state index in [1.165, 1.54) is 52.5 Å². The lowest BCUT2D eigenvalue weighted by molar-refractivity contribution is 0.0953. The zero-order valence-corrected chi connectivity index (χ0v) is 16.8. The molecule has 4 aromatic rings. The minimum atomic E-state index is -0.376. The molecule has 10 nitrogen and oxygen atoms in total. The van der Waals surface area contributed by atoms with Crippen molar-refractivity contribution in [2.75, 3.05) is 12.3 Å². The molecule has 160 valence electrons. The molecule has 0 aliphatic heterocycles. The maximum Gasteiger partial charge on any atom is 0.252 e. The van der Waals surface area contributed by atoms with Crippen LogP contribution in [-0.4, -0.2) is 42.0 Å². The highest BCUT2D eigenvalue weighted by atomic mass is 19.1. The lowest BCUT2D eigenvalue weighted by Gasteiger charge is -2.05. The Morgan fingerprint density at radius 3 is 2.69 bits per heavy atom. The molecule has 0 unspecified atom stereocenters. The molecule has 0 aliphatic rings. The number of aryl methyl sites for hydroxylation is 1. The summed E-state index contributed by atoms with van der Waals surface area (Å²) in [6.45, 7) is 0.373. The van der Waals surface area contributed by atoms with Crippen LogP contribution < -0.4 is 11.1 Å². The molecule has 4 rings (SSSR count). The number of nitrogens with one attached hydrogen (secondary N) is 1. The number of nitrogens with two attached hydrogens (primary N) is 1. The van der Waals surface area contributed by atoms with Crippen molar-refractivity contribution in [1.82, 2.24) is 34.8 Å². The van der Waals surface area contributed by atoms with E-state index >= 15 is 0 Å². The highest BCUT2D eigenvalue weighted by Gasteiger charge is 2.16. The van der Waals surface area contributed by atoms with Gasteiger partial charge >= 0.3 is 0 Å². The van der Waals surface area contributed by atoms with Crippen LogP contribution in [0.3, 0.4) is 0 Å². The van der Waals surface area contributed by atoms with Gasteiger partial charge in [-0.05, 0) is 49.2 Å². The number of halogens is 1. The van der Waals surface area contributed by atoms with Crippen LogP contribution in [0.15, 0.2) is 55.2 Å². The first-order chi connectivity index (χ1) is 15.6. The Hall–Kier alpha value is -4.59. The van der Waals surface area contributed by atoms with Crippen LogP contribution in [0.5, 0.6) is 0 Å². The number of aromatic nitrogens is 6. The molecule has 3 N–H and O–H groups in total. The van der Waals surface area contributed by atoms with Crippen molar-refractivity contribution in [3.05, 3.63) is 77.9 Å². The Morgan fingerprint density at radius 1 is 1.22 bits per heavy atom. The van der Waals surface area contributed by atoms with Gasteiger partial charge in [0.25, 0.3) is 5.91 Å². The van der Waals surface area contributed by atoms with Gasteiger partial charge in [0.2, 0.25) is 0 Å². The Morgan fingerprint density at radius 2 is 2.03 bits per heavy atom. The summed E-state index contributed by atoms with van der Waals surface area (Å²) in [5.74, 6) is 0.104. The van der Waals surface area contributed by atoms with Gasteiger partial charge in [-0.2, -0.15) is 15.5 Å². The standard InChI is InChI=1S/C21H18FN9O/c22-15-4-6-16(7-5-15)31-20(24)17(10-23)18(29-31)2-1-9-26-21(32)14-3-8-19(27-11-14)30-13-25-12-28-30/h3-8,11-13H,1-2,9,24H2,(H,26,32). The summed E-state index contributed by atoms with van der Waals surface area (Å²) in [4.78, 5) is 20.4. The van der Waals surface area contributed by atoms with Gasteiger partial charge < -0.3 is 11.1 Å². The second-order valence-corrected chi connectivity index (χ2v) is 6.81. The number of rotatable bonds is 7. The van der Waals surface area contributed by atoms with E-state index in [1.54, 1.807) is 12.1 Å². The Kier molecular flexibility index (Phi) is 5.85. The number of anilines is 1. The van der Waals surface area contributed by atoms with Crippen LogP contribution in [0.4, 0.5) is 10.2 Å². The van der Waals surface area contributed by atoms with Crippen molar-refractivity contribution in [3.8, 4) is 17.6 Å². The Balaban J connectivity index is 1.35. The van der Waals surface area contributed by atoms with Crippen molar-refractivity contribution in [3.63, 3.8) is 0 Å². The molecule has 0 bridgehead atoms. The third-order valence-corrected chi connectivity index (χ3v) is 4.72. The number of hydrogen-bond acceptors (Lipinski definition) is 7. The molecule has 0 saturated heterocycles. The molecular weight excluding hydrogens is 413 g/mol. The highest BCUT2D eigenvalue weighted by molar-refractivity contribution is 5.93. The number of nitrogens with zero attached hydrogens (tertiary/aromatic N) is 7. The summed E-state index contributed by atoms with van der Waals surface area (Å²) in [5.41, 5.74) is 7.82. The molecule has 0 atom stereocenters. The van der Waals surface area contributed by atoms with E-state index in [0.29, 0.717) is 42.1 Å². The lowest BCUT2D eigenvalue weighted by Crippen LogP contribution is -2.25. The molecule has 0 aliphatic carbocycles. The van der Waals surface area contributed by atoms with Gasteiger partial charge in [-0.15, -0.1) is 0 Å². The number of pyridine rings is 1. The van der Waals surface area contributed by atoms with Crippen molar-refractivity contribution < 1.29 is 9.18 Å². The number of benzene rings is 1. The largest absolute Gasteiger partial charge is 0.382 e. The number of amides is 1. The van der Waals surface area contributed by atoms with Gasteiger partial charge in [-0.25, -0.2) is 23.7 Å². The van der Waals surface area contributed by atoms with Crippen molar-refractivity contribution >= 4 is 11.7 Å². The second-order valence-electron chi connectivity index (χ2n) is 6.81. The fraction of sp³-hybridized carbons (Fsp3) is 0.143. The van der Waals surface area contributed by atoms with E-state index in [9.17, 15) is 14.4 Å². The van der Waals surface area contributed by atoms with E-state index < -0.39 is 0 Å². The summed E-state index contributed by atoms with van der Waals surface area (Å²) >= 11 is 0. The van der Waals surface area contributed by atoms with E-state index in [-0.39, 0.29) is 23.1 Å². The highest BCUT2D eigenvalue weighted by Crippen LogP contribution is 2.21. The Bertz CT molecular complexity index is 1260. The Labute approximate surface area is 182 Å². The zero-order chi connectivity index (χ0) is 22.5. The fourth-order valence-corrected chi connectivity index (χ4v) is 3.10. The number of carbonyl (C=O) groups excluding carboxylic acids is 1. The van der Waals surface area contributed by atoms with Crippen LogP contribution in [0.2, 0.25) is 0 Å². The molecule has 3 aromatic heterocycles. The van der Waals surface area contributed by atoms with Gasteiger partial charge in [0.15, 0.2) is 5.82 Å². The SMILES string of the molecule is N#Cc1c(CCCNC(=O)c2ccc(-n3cncn3)nc2)nn(-c2ccc(F)cc2)c1N. The van der Waals surface area contributed by atoms with Crippen LogP contribution in [-0.2, 0) is 6.42 Å². The molecule has 1 amide bonds. The first-order valence-corrected chi connectivity index (χ1v) is 9.69. The molecule has 0 fully saturated rings. The third kappa shape index (κ3) is 4.29. The minimum absolute atomic E-state index is 0.191. The topological polar surface area (TPSA) is 140 Å². The van der Waals surface area contributed by atoms with E-state index in [1.807, 2.05) is 0 Å². The maximum atomic E-state index is 13.2. The van der Waals surface area contributed by atoms with Crippen molar-refractivity contribution in [2.24, 2.45) is 0 Å². The second kappa shape index (κ2) is 9.05. The number of carbonyl (C=O) groups is 1.